The van der Waals surface area contributed by atoms with E-state index >= 15 is 0 Å². The Balaban J connectivity index is 2.23. The summed E-state index contributed by atoms with van der Waals surface area (Å²) >= 11 is 5.04. The van der Waals surface area contributed by atoms with Crippen LogP contribution in [0, 0.1) is 5.41 Å². The number of hydrogen-bond acceptors (Lipinski definition) is 2. The van der Waals surface area contributed by atoms with Crippen molar-refractivity contribution in [3.05, 3.63) is 0 Å². The first-order chi connectivity index (χ1) is 4.73. The van der Waals surface area contributed by atoms with Crippen molar-refractivity contribution in [3.8, 4) is 0 Å². The second-order valence-electron chi connectivity index (χ2n) is 3.42. The Hall–Kier alpha value is -0.150. The van der Waals surface area contributed by atoms with Crippen LogP contribution in [-0.4, -0.2) is 29.5 Å². The van der Waals surface area contributed by atoms with E-state index in [2.05, 4.69) is 4.90 Å². The highest BCUT2D eigenvalue weighted by atomic mass is 32.1. The van der Waals surface area contributed by atoms with Gasteiger partial charge < -0.3 is 10.6 Å². The molecule has 0 aliphatic carbocycles. The monoisotopic (exact) mass is 156 g/mol. The van der Waals surface area contributed by atoms with Gasteiger partial charge in [-0.25, -0.2) is 0 Å². The fraction of sp³-hybridized carbons (Fsp3) is 0.857. The van der Waals surface area contributed by atoms with E-state index in [0.29, 0.717) is 0 Å². The molecule has 0 unspecified atom stereocenters. The summed E-state index contributed by atoms with van der Waals surface area (Å²) in [7, 11) is 0. The number of thiocarbonyl (C=S) groups is 1. The molecule has 0 atom stereocenters. The van der Waals surface area contributed by atoms with Crippen LogP contribution in [0.4, 0.5) is 0 Å². The molecule has 0 aromatic rings. The fourth-order valence-electron chi connectivity index (χ4n) is 2.05. The minimum atomic E-state index is 0.245. The molecule has 0 saturated carbocycles. The van der Waals surface area contributed by atoms with E-state index in [1.165, 1.54) is 25.9 Å². The molecule has 56 valence electrons. The Kier molecular flexibility index (Phi) is 1.26. The van der Waals surface area contributed by atoms with E-state index in [0.717, 1.165) is 11.5 Å². The molecule has 2 nitrogen and oxygen atoms in total. The highest BCUT2D eigenvalue weighted by Crippen LogP contribution is 2.40. The normalized spacial score (nSPS) is 44.2. The summed E-state index contributed by atoms with van der Waals surface area (Å²) in [6.45, 7) is 3.54. The van der Waals surface area contributed by atoms with Gasteiger partial charge in [-0.2, -0.15) is 0 Å². The average molecular weight is 156 g/mol. The maximum Gasteiger partial charge on any atom is 0.0803 e. The Morgan fingerprint density at radius 2 is 2.00 bits per heavy atom. The molecule has 0 spiro atoms. The van der Waals surface area contributed by atoms with E-state index in [4.69, 9.17) is 18.0 Å². The van der Waals surface area contributed by atoms with Crippen LogP contribution in [0.1, 0.15) is 12.8 Å². The molecule has 2 aliphatic rings. The summed E-state index contributed by atoms with van der Waals surface area (Å²) in [5, 5.41) is 0. The van der Waals surface area contributed by atoms with Crippen LogP contribution in [0.5, 0.6) is 0 Å². The van der Waals surface area contributed by atoms with Crippen LogP contribution < -0.4 is 5.73 Å². The lowest BCUT2D eigenvalue weighted by molar-refractivity contribution is 0.363. The van der Waals surface area contributed by atoms with Crippen molar-refractivity contribution >= 4 is 17.2 Å². The summed E-state index contributed by atoms with van der Waals surface area (Å²) in [5.74, 6) is 0. The molecule has 0 amide bonds. The van der Waals surface area contributed by atoms with Gasteiger partial charge in [-0.05, 0) is 25.9 Å². The number of rotatable bonds is 1. The third kappa shape index (κ3) is 0.705. The molecule has 2 rings (SSSR count). The second-order valence-corrected chi connectivity index (χ2v) is 3.86. The Morgan fingerprint density at radius 3 is 2.20 bits per heavy atom. The van der Waals surface area contributed by atoms with Gasteiger partial charge >= 0.3 is 0 Å². The first-order valence-corrected chi connectivity index (χ1v) is 4.16. The van der Waals surface area contributed by atoms with Gasteiger partial charge in [0.15, 0.2) is 0 Å². The number of fused-ring (bicyclic) bond motifs is 2. The molecule has 2 bridgehead atoms. The third-order valence-electron chi connectivity index (χ3n) is 2.86. The Bertz CT molecular complexity index is 170. The molecular weight excluding hydrogens is 144 g/mol. The van der Waals surface area contributed by atoms with E-state index in [1.54, 1.807) is 0 Å². The first-order valence-electron chi connectivity index (χ1n) is 3.75. The zero-order valence-corrected chi connectivity index (χ0v) is 6.78. The van der Waals surface area contributed by atoms with E-state index in [1.807, 2.05) is 0 Å². The highest BCUT2D eigenvalue weighted by molar-refractivity contribution is 7.80. The summed E-state index contributed by atoms with van der Waals surface area (Å²) in [5.41, 5.74) is 5.92. The van der Waals surface area contributed by atoms with Crippen LogP contribution in [0.2, 0.25) is 0 Å². The van der Waals surface area contributed by atoms with Gasteiger partial charge in [0.05, 0.1) is 4.99 Å². The number of nitrogens with zero attached hydrogens (tertiary/aromatic N) is 1. The van der Waals surface area contributed by atoms with Gasteiger partial charge in [0.2, 0.25) is 0 Å². The molecule has 2 heterocycles. The first kappa shape index (κ1) is 6.55. The van der Waals surface area contributed by atoms with Gasteiger partial charge in [0.25, 0.3) is 0 Å². The number of hydrogen-bond donors (Lipinski definition) is 1. The fourth-order valence-corrected chi connectivity index (χ4v) is 2.32. The zero-order valence-electron chi connectivity index (χ0n) is 5.97. The van der Waals surface area contributed by atoms with Crippen LogP contribution in [0.15, 0.2) is 0 Å². The predicted octanol–water partition coefficient (Wildman–Crippen LogP) is 0.368. The average Bonchev–Trinajstić information content (AvgIpc) is 2.45. The second kappa shape index (κ2) is 1.92. The van der Waals surface area contributed by atoms with Crippen molar-refractivity contribution in [2.24, 2.45) is 11.1 Å². The minimum Gasteiger partial charge on any atom is -0.393 e. The molecule has 2 N–H and O–H groups in total. The number of nitrogens with two attached hydrogens (primary N) is 1. The molecule has 2 fully saturated rings. The van der Waals surface area contributed by atoms with Gasteiger partial charge in [-0.3, -0.25) is 0 Å². The molecule has 0 aromatic carbocycles. The molecule has 0 aromatic heterocycles. The van der Waals surface area contributed by atoms with Crippen LogP contribution >= 0.6 is 12.2 Å². The van der Waals surface area contributed by atoms with Crippen molar-refractivity contribution in [1.82, 2.24) is 4.90 Å². The number of piperidine rings is 1. The largest absolute Gasteiger partial charge is 0.393 e. The molecule has 2 aliphatic heterocycles. The molecule has 2 saturated heterocycles. The SMILES string of the molecule is NC(=S)C12CCN(CC1)C2. The van der Waals surface area contributed by atoms with Crippen LogP contribution in [0.3, 0.4) is 0 Å². The van der Waals surface area contributed by atoms with Gasteiger partial charge in [0, 0.05) is 12.0 Å². The lowest BCUT2D eigenvalue weighted by Gasteiger charge is -2.22. The van der Waals surface area contributed by atoms with Crippen molar-refractivity contribution in [1.29, 1.82) is 0 Å². The Morgan fingerprint density at radius 1 is 1.40 bits per heavy atom. The highest BCUT2D eigenvalue weighted by Gasteiger charge is 2.45. The molecule has 10 heavy (non-hydrogen) atoms. The van der Waals surface area contributed by atoms with Gasteiger partial charge in [-0.15, -0.1) is 0 Å². The smallest absolute Gasteiger partial charge is 0.0803 e. The summed E-state index contributed by atoms with van der Waals surface area (Å²) < 4.78 is 0. The summed E-state index contributed by atoms with van der Waals surface area (Å²) in [6.07, 6.45) is 2.39. The van der Waals surface area contributed by atoms with E-state index < -0.39 is 0 Å². The summed E-state index contributed by atoms with van der Waals surface area (Å²) in [6, 6.07) is 0. The van der Waals surface area contributed by atoms with Crippen molar-refractivity contribution in [3.63, 3.8) is 0 Å². The lowest BCUT2D eigenvalue weighted by atomic mass is 9.85. The van der Waals surface area contributed by atoms with Crippen molar-refractivity contribution < 1.29 is 0 Å². The molecular formula is C7H12N2S. The van der Waals surface area contributed by atoms with Gasteiger partial charge in [0.1, 0.15) is 0 Å². The Labute approximate surface area is 66.4 Å². The van der Waals surface area contributed by atoms with E-state index in [-0.39, 0.29) is 5.41 Å². The van der Waals surface area contributed by atoms with Crippen LogP contribution in [0.25, 0.3) is 0 Å². The topological polar surface area (TPSA) is 29.3 Å². The predicted molar refractivity (Wildman–Crippen MR) is 44.9 cm³/mol. The molecule has 3 heteroatoms. The van der Waals surface area contributed by atoms with Crippen LogP contribution in [-0.2, 0) is 0 Å². The van der Waals surface area contributed by atoms with Crippen molar-refractivity contribution in [2.45, 2.75) is 12.8 Å². The standard InChI is InChI=1S/C7H12N2S/c8-6(10)7-1-3-9(5-7)4-2-7/h1-5H2,(H2,8,10). The van der Waals surface area contributed by atoms with Gasteiger partial charge in [-0.1, -0.05) is 12.2 Å². The van der Waals surface area contributed by atoms with E-state index in [9.17, 15) is 0 Å². The third-order valence-corrected chi connectivity index (χ3v) is 3.30. The van der Waals surface area contributed by atoms with Crippen molar-refractivity contribution in [2.75, 3.05) is 19.6 Å². The zero-order chi connectivity index (χ0) is 7.19. The lowest BCUT2D eigenvalue weighted by Crippen LogP contribution is -2.34. The summed E-state index contributed by atoms with van der Waals surface area (Å²) in [4.78, 5) is 3.19. The maximum absolute atomic E-state index is 5.67. The molecule has 0 radical (unpaired) electrons. The minimum absolute atomic E-state index is 0.245. The maximum atomic E-state index is 5.67. The quantitative estimate of drug-likeness (QED) is 0.556.